The van der Waals surface area contributed by atoms with Gasteiger partial charge in [0, 0.05) is 17.8 Å². The van der Waals surface area contributed by atoms with E-state index in [1.807, 2.05) is 56.3 Å². The third-order valence-electron chi connectivity index (χ3n) is 4.35. The second-order valence-electron chi connectivity index (χ2n) is 6.07. The molecule has 2 amide bonds. The number of fused-ring (bicyclic) bond motifs is 1. The normalized spacial score (nSPS) is 14.6. The summed E-state index contributed by atoms with van der Waals surface area (Å²) in [5.41, 5.74) is 4.56. The summed E-state index contributed by atoms with van der Waals surface area (Å²) < 4.78 is 0. The van der Waals surface area contributed by atoms with Gasteiger partial charge in [0.15, 0.2) is 0 Å². The first-order valence-electron chi connectivity index (χ1n) is 7.74. The number of benzene rings is 2. The molecule has 0 aliphatic carbocycles. The monoisotopic (exact) mass is 308 g/mol. The average molecular weight is 308 g/mol. The third kappa shape index (κ3) is 2.84. The molecule has 3 rings (SSSR count). The third-order valence-corrected chi connectivity index (χ3v) is 4.35. The smallest absolute Gasteiger partial charge is 0.255 e. The van der Waals surface area contributed by atoms with Crippen molar-refractivity contribution in [3.63, 3.8) is 0 Å². The van der Waals surface area contributed by atoms with Gasteiger partial charge in [-0.25, -0.2) is 0 Å². The van der Waals surface area contributed by atoms with Gasteiger partial charge in [-0.2, -0.15) is 0 Å². The topological polar surface area (TPSA) is 49.4 Å². The lowest BCUT2D eigenvalue weighted by Crippen LogP contribution is -2.42. The maximum Gasteiger partial charge on any atom is 0.255 e. The van der Waals surface area contributed by atoms with Gasteiger partial charge in [-0.05, 0) is 49.6 Å². The number of nitrogens with one attached hydrogen (secondary N) is 1. The first kappa shape index (κ1) is 15.3. The molecular weight excluding hydrogens is 288 g/mol. The molecule has 0 fully saturated rings. The highest BCUT2D eigenvalue weighted by atomic mass is 16.2. The predicted octanol–water partition coefficient (Wildman–Crippen LogP) is 3.29. The Morgan fingerprint density at radius 2 is 1.91 bits per heavy atom. The van der Waals surface area contributed by atoms with E-state index in [1.54, 1.807) is 11.8 Å². The van der Waals surface area contributed by atoms with E-state index in [0.29, 0.717) is 12.1 Å². The van der Waals surface area contributed by atoms with Crippen molar-refractivity contribution in [2.45, 2.75) is 33.4 Å². The number of carbonyl (C=O) groups excluding carboxylic acids is 2. The quantitative estimate of drug-likeness (QED) is 0.946. The van der Waals surface area contributed by atoms with Crippen molar-refractivity contribution in [3.8, 4) is 0 Å². The lowest BCUT2D eigenvalue weighted by molar-refractivity contribution is -0.120. The molecule has 1 heterocycles. The van der Waals surface area contributed by atoms with E-state index in [0.717, 1.165) is 22.4 Å². The molecule has 0 unspecified atom stereocenters. The van der Waals surface area contributed by atoms with Gasteiger partial charge in [0.05, 0.1) is 0 Å². The van der Waals surface area contributed by atoms with Crippen molar-refractivity contribution in [2.75, 3.05) is 5.32 Å². The van der Waals surface area contributed by atoms with Crippen LogP contribution < -0.4 is 5.32 Å². The van der Waals surface area contributed by atoms with Gasteiger partial charge in [0.1, 0.15) is 6.04 Å². The highest BCUT2D eigenvalue weighted by Gasteiger charge is 2.33. The van der Waals surface area contributed by atoms with Gasteiger partial charge in [0.25, 0.3) is 5.91 Å². The van der Waals surface area contributed by atoms with Crippen molar-refractivity contribution in [1.82, 2.24) is 4.90 Å². The SMILES string of the molecule is Cc1ccc(C)c(NC(=O)[C@H](C)N2Cc3ccccc3C2=O)c1. The van der Waals surface area contributed by atoms with Gasteiger partial charge in [-0.15, -0.1) is 0 Å². The Balaban J connectivity index is 1.76. The van der Waals surface area contributed by atoms with Gasteiger partial charge >= 0.3 is 0 Å². The van der Waals surface area contributed by atoms with Crippen LogP contribution in [0.2, 0.25) is 0 Å². The standard InChI is InChI=1S/C19H20N2O2/c1-12-8-9-13(2)17(10-12)20-18(22)14(3)21-11-15-6-4-5-7-16(15)19(21)23/h4-10,14H,11H2,1-3H3,(H,20,22)/t14-/m0/s1. The number of hydrogen-bond donors (Lipinski definition) is 1. The van der Waals surface area contributed by atoms with Crippen molar-refractivity contribution in [2.24, 2.45) is 0 Å². The maximum atomic E-state index is 12.6. The minimum atomic E-state index is -0.519. The molecule has 1 atom stereocenters. The highest BCUT2D eigenvalue weighted by molar-refractivity contribution is 6.03. The molecule has 0 saturated heterocycles. The van der Waals surface area contributed by atoms with E-state index in [2.05, 4.69) is 5.32 Å². The Morgan fingerprint density at radius 1 is 1.17 bits per heavy atom. The first-order chi connectivity index (χ1) is 11.0. The summed E-state index contributed by atoms with van der Waals surface area (Å²) in [6.07, 6.45) is 0. The fourth-order valence-electron chi connectivity index (χ4n) is 2.84. The van der Waals surface area contributed by atoms with Crippen LogP contribution in [0.3, 0.4) is 0 Å². The minimum Gasteiger partial charge on any atom is -0.324 e. The second kappa shape index (κ2) is 5.88. The summed E-state index contributed by atoms with van der Waals surface area (Å²) in [5, 5.41) is 2.94. The van der Waals surface area contributed by atoms with Crippen LogP contribution in [0, 0.1) is 13.8 Å². The molecule has 0 radical (unpaired) electrons. The van der Waals surface area contributed by atoms with E-state index < -0.39 is 6.04 Å². The van der Waals surface area contributed by atoms with Crippen molar-refractivity contribution in [3.05, 3.63) is 64.7 Å². The molecule has 1 N–H and O–H groups in total. The van der Waals surface area contributed by atoms with Crippen molar-refractivity contribution in [1.29, 1.82) is 0 Å². The minimum absolute atomic E-state index is 0.0794. The molecule has 23 heavy (non-hydrogen) atoms. The highest BCUT2D eigenvalue weighted by Crippen LogP contribution is 2.25. The molecule has 1 aliphatic heterocycles. The predicted molar refractivity (Wildman–Crippen MR) is 90.3 cm³/mol. The number of rotatable bonds is 3. The average Bonchev–Trinajstić information content (AvgIpc) is 2.87. The summed E-state index contributed by atoms with van der Waals surface area (Å²) in [4.78, 5) is 26.6. The van der Waals surface area contributed by atoms with Crippen LogP contribution in [0.4, 0.5) is 5.69 Å². The Hall–Kier alpha value is -2.62. The van der Waals surface area contributed by atoms with Crippen LogP contribution in [0.25, 0.3) is 0 Å². The maximum absolute atomic E-state index is 12.6. The van der Waals surface area contributed by atoms with Crippen LogP contribution in [0.15, 0.2) is 42.5 Å². The summed E-state index contributed by atoms with van der Waals surface area (Å²) in [6.45, 7) is 6.19. The van der Waals surface area contributed by atoms with Crippen LogP contribution in [-0.2, 0) is 11.3 Å². The Kier molecular flexibility index (Phi) is 3.90. The molecule has 0 bridgehead atoms. The van der Waals surface area contributed by atoms with Crippen LogP contribution in [-0.4, -0.2) is 22.8 Å². The summed E-state index contributed by atoms with van der Waals surface area (Å²) in [5.74, 6) is -0.246. The summed E-state index contributed by atoms with van der Waals surface area (Å²) in [7, 11) is 0. The molecule has 0 spiro atoms. The lowest BCUT2D eigenvalue weighted by atomic mass is 10.1. The van der Waals surface area contributed by atoms with Crippen LogP contribution in [0.1, 0.15) is 34.0 Å². The molecule has 2 aromatic rings. The van der Waals surface area contributed by atoms with Gasteiger partial charge in [-0.3, -0.25) is 9.59 Å². The van der Waals surface area contributed by atoms with Crippen LogP contribution in [0.5, 0.6) is 0 Å². The van der Waals surface area contributed by atoms with E-state index >= 15 is 0 Å². The Bertz CT molecular complexity index is 783. The molecule has 118 valence electrons. The Labute approximate surface area is 136 Å². The lowest BCUT2D eigenvalue weighted by Gasteiger charge is -2.24. The molecule has 0 aromatic heterocycles. The van der Waals surface area contributed by atoms with Crippen molar-refractivity contribution < 1.29 is 9.59 Å². The summed E-state index contributed by atoms with van der Waals surface area (Å²) in [6, 6.07) is 12.9. The molecule has 2 aromatic carbocycles. The van der Waals surface area contributed by atoms with E-state index in [1.165, 1.54) is 0 Å². The fourth-order valence-corrected chi connectivity index (χ4v) is 2.84. The zero-order valence-corrected chi connectivity index (χ0v) is 13.6. The van der Waals surface area contributed by atoms with Crippen molar-refractivity contribution >= 4 is 17.5 Å². The van der Waals surface area contributed by atoms with E-state index in [4.69, 9.17) is 0 Å². The first-order valence-corrected chi connectivity index (χ1v) is 7.74. The molecular formula is C19H20N2O2. The van der Waals surface area contributed by atoms with Crippen LogP contribution >= 0.6 is 0 Å². The zero-order valence-electron chi connectivity index (χ0n) is 13.6. The fraction of sp³-hybridized carbons (Fsp3) is 0.263. The number of aryl methyl sites for hydroxylation is 2. The van der Waals surface area contributed by atoms with Gasteiger partial charge in [0.2, 0.25) is 5.91 Å². The summed E-state index contributed by atoms with van der Waals surface area (Å²) >= 11 is 0. The Morgan fingerprint density at radius 3 is 2.65 bits per heavy atom. The van der Waals surface area contributed by atoms with E-state index in [9.17, 15) is 9.59 Å². The molecule has 4 nitrogen and oxygen atoms in total. The van der Waals surface area contributed by atoms with Gasteiger partial charge in [-0.1, -0.05) is 30.3 Å². The number of anilines is 1. The van der Waals surface area contributed by atoms with E-state index in [-0.39, 0.29) is 11.8 Å². The molecule has 1 aliphatic rings. The molecule has 0 saturated carbocycles. The number of carbonyl (C=O) groups is 2. The second-order valence-corrected chi connectivity index (χ2v) is 6.07. The number of nitrogens with zero attached hydrogens (tertiary/aromatic N) is 1. The number of amides is 2. The number of hydrogen-bond acceptors (Lipinski definition) is 2. The molecule has 4 heteroatoms. The zero-order chi connectivity index (χ0) is 16.6. The largest absolute Gasteiger partial charge is 0.324 e. The van der Waals surface area contributed by atoms with Gasteiger partial charge < -0.3 is 10.2 Å².